The highest BCUT2D eigenvalue weighted by Crippen LogP contribution is 2.20. The Morgan fingerprint density at radius 3 is 2.40 bits per heavy atom. The van der Waals surface area contributed by atoms with E-state index in [-0.39, 0.29) is 11.7 Å². The van der Waals surface area contributed by atoms with Crippen LogP contribution in [0.3, 0.4) is 0 Å². The Morgan fingerprint density at radius 1 is 1.15 bits per heavy atom. The predicted molar refractivity (Wildman–Crippen MR) is 78.1 cm³/mol. The van der Waals surface area contributed by atoms with Crippen LogP contribution < -0.4 is 5.73 Å². The highest BCUT2D eigenvalue weighted by molar-refractivity contribution is 5.82. The monoisotopic (exact) mass is 274 g/mol. The Hall–Kier alpha value is -1.68. The van der Waals surface area contributed by atoms with E-state index in [2.05, 4.69) is 4.90 Å². The van der Waals surface area contributed by atoms with E-state index < -0.39 is 0 Å². The van der Waals surface area contributed by atoms with E-state index in [1.165, 1.54) is 0 Å². The second-order valence-electron chi connectivity index (χ2n) is 5.59. The van der Waals surface area contributed by atoms with Crippen LogP contribution in [0.5, 0.6) is 0 Å². The third-order valence-electron chi connectivity index (χ3n) is 3.84. The lowest BCUT2D eigenvalue weighted by Crippen LogP contribution is -2.38. The first-order chi connectivity index (χ1) is 9.63. The third-order valence-corrected chi connectivity index (χ3v) is 3.84. The van der Waals surface area contributed by atoms with Gasteiger partial charge >= 0.3 is 0 Å². The molecule has 0 aliphatic carbocycles. The van der Waals surface area contributed by atoms with Gasteiger partial charge in [-0.3, -0.25) is 14.5 Å². The van der Waals surface area contributed by atoms with Crippen molar-refractivity contribution in [2.24, 2.45) is 11.7 Å². The molecule has 0 radical (unpaired) electrons. The number of carbonyl (C=O) groups is 2. The molecule has 1 saturated heterocycles. The summed E-state index contributed by atoms with van der Waals surface area (Å²) in [6, 6.07) is 9.83. The van der Waals surface area contributed by atoms with Gasteiger partial charge in [0, 0.05) is 12.8 Å². The number of amides is 1. The van der Waals surface area contributed by atoms with Gasteiger partial charge in [-0.05, 0) is 37.4 Å². The van der Waals surface area contributed by atoms with Crippen molar-refractivity contribution in [1.82, 2.24) is 4.90 Å². The largest absolute Gasteiger partial charge is 0.370 e. The van der Waals surface area contributed by atoms with Crippen LogP contribution in [0, 0.1) is 5.92 Å². The zero-order valence-electron chi connectivity index (χ0n) is 11.8. The number of piperidine rings is 1. The van der Waals surface area contributed by atoms with E-state index in [1.54, 1.807) is 0 Å². The fourth-order valence-electron chi connectivity index (χ4n) is 2.76. The van der Waals surface area contributed by atoms with Gasteiger partial charge in [-0.25, -0.2) is 0 Å². The highest BCUT2D eigenvalue weighted by atomic mass is 16.1. The Labute approximate surface area is 119 Å². The molecule has 1 amide bonds. The number of nitrogens with two attached hydrogens (primary N) is 1. The van der Waals surface area contributed by atoms with E-state index in [1.807, 2.05) is 30.3 Å². The summed E-state index contributed by atoms with van der Waals surface area (Å²) < 4.78 is 0. The van der Waals surface area contributed by atoms with E-state index >= 15 is 0 Å². The summed E-state index contributed by atoms with van der Waals surface area (Å²) in [4.78, 5) is 25.1. The van der Waals surface area contributed by atoms with Crippen LogP contribution in [-0.4, -0.2) is 36.2 Å². The van der Waals surface area contributed by atoms with Crippen molar-refractivity contribution in [2.75, 3.05) is 19.6 Å². The molecule has 20 heavy (non-hydrogen) atoms. The summed E-state index contributed by atoms with van der Waals surface area (Å²) in [5.41, 5.74) is 6.29. The number of Topliss-reactive ketones (excluding diaryl/α,β-unsaturated/α-hetero) is 1. The fourth-order valence-corrected chi connectivity index (χ4v) is 2.76. The van der Waals surface area contributed by atoms with Gasteiger partial charge in [-0.15, -0.1) is 0 Å². The summed E-state index contributed by atoms with van der Waals surface area (Å²) in [5.74, 6) is 0.432. The van der Waals surface area contributed by atoms with Crippen molar-refractivity contribution in [3.8, 4) is 0 Å². The lowest BCUT2D eigenvalue weighted by atomic mass is 9.93. The first-order valence-corrected chi connectivity index (χ1v) is 7.20. The molecule has 1 heterocycles. The van der Waals surface area contributed by atoms with Crippen molar-refractivity contribution in [1.29, 1.82) is 0 Å². The summed E-state index contributed by atoms with van der Waals surface area (Å²) >= 11 is 0. The zero-order chi connectivity index (χ0) is 14.4. The Kier molecular flexibility index (Phi) is 5.30. The number of ketones is 1. The lowest BCUT2D eigenvalue weighted by molar-refractivity contribution is -0.121. The normalized spacial score (nSPS) is 17.0. The topological polar surface area (TPSA) is 63.4 Å². The summed E-state index contributed by atoms with van der Waals surface area (Å²) in [6.07, 6.45) is 2.90. The number of hydrogen-bond acceptors (Lipinski definition) is 3. The Balaban J connectivity index is 1.72. The number of benzene rings is 1. The highest BCUT2D eigenvalue weighted by Gasteiger charge is 2.21. The van der Waals surface area contributed by atoms with E-state index in [4.69, 9.17) is 5.73 Å². The Morgan fingerprint density at radius 2 is 1.80 bits per heavy atom. The van der Waals surface area contributed by atoms with Crippen LogP contribution in [0.25, 0.3) is 0 Å². The average Bonchev–Trinajstić information content (AvgIpc) is 2.41. The number of nitrogens with zero attached hydrogens (tertiary/aromatic N) is 1. The SMILES string of the molecule is NC(=O)CC1CCN(CC(=O)Cc2ccccc2)CC1. The molecule has 1 aliphatic heterocycles. The second kappa shape index (κ2) is 7.20. The first kappa shape index (κ1) is 14.7. The van der Waals surface area contributed by atoms with Crippen LogP contribution in [0.1, 0.15) is 24.8 Å². The average molecular weight is 274 g/mol. The molecule has 1 aliphatic rings. The molecular weight excluding hydrogens is 252 g/mol. The quantitative estimate of drug-likeness (QED) is 0.852. The third kappa shape index (κ3) is 4.78. The molecular formula is C16H22N2O2. The molecule has 0 atom stereocenters. The molecule has 108 valence electrons. The molecule has 0 bridgehead atoms. The number of hydrogen-bond donors (Lipinski definition) is 1. The van der Waals surface area contributed by atoms with Crippen LogP contribution in [0.15, 0.2) is 30.3 Å². The molecule has 0 unspecified atom stereocenters. The maximum absolute atomic E-state index is 12.0. The maximum Gasteiger partial charge on any atom is 0.217 e. The van der Waals surface area contributed by atoms with Crippen molar-refractivity contribution in [2.45, 2.75) is 25.7 Å². The number of rotatable bonds is 6. The molecule has 1 aromatic rings. The minimum atomic E-state index is -0.219. The number of carbonyl (C=O) groups excluding carboxylic acids is 2. The standard InChI is InChI=1S/C16H22N2O2/c17-16(20)11-14-6-8-18(9-7-14)12-15(19)10-13-4-2-1-3-5-13/h1-5,14H,6-12H2,(H2,17,20). The molecule has 0 aromatic heterocycles. The van der Waals surface area contributed by atoms with Crippen molar-refractivity contribution in [3.63, 3.8) is 0 Å². The minimum absolute atomic E-state index is 0.219. The van der Waals surface area contributed by atoms with Crippen LogP contribution in [-0.2, 0) is 16.0 Å². The minimum Gasteiger partial charge on any atom is -0.370 e. The number of primary amides is 1. The smallest absolute Gasteiger partial charge is 0.217 e. The second-order valence-corrected chi connectivity index (χ2v) is 5.59. The lowest BCUT2D eigenvalue weighted by Gasteiger charge is -2.30. The van der Waals surface area contributed by atoms with Crippen LogP contribution in [0.4, 0.5) is 0 Å². The maximum atomic E-state index is 12.0. The van der Waals surface area contributed by atoms with Crippen molar-refractivity contribution in [3.05, 3.63) is 35.9 Å². The van der Waals surface area contributed by atoms with Crippen LogP contribution in [0.2, 0.25) is 0 Å². The van der Waals surface area contributed by atoms with E-state index in [9.17, 15) is 9.59 Å². The van der Waals surface area contributed by atoms with Gasteiger partial charge in [0.05, 0.1) is 6.54 Å². The van der Waals surface area contributed by atoms with Gasteiger partial charge in [-0.1, -0.05) is 30.3 Å². The molecule has 2 rings (SSSR count). The van der Waals surface area contributed by atoms with Gasteiger partial charge in [0.2, 0.25) is 5.91 Å². The first-order valence-electron chi connectivity index (χ1n) is 7.20. The number of likely N-dealkylation sites (tertiary alicyclic amines) is 1. The molecule has 4 heteroatoms. The molecule has 0 saturated carbocycles. The van der Waals surface area contributed by atoms with Gasteiger partial charge in [0.25, 0.3) is 0 Å². The fraction of sp³-hybridized carbons (Fsp3) is 0.500. The van der Waals surface area contributed by atoms with E-state index in [0.29, 0.717) is 25.3 Å². The summed E-state index contributed by atoms with van der Waals surface area (Å²) in [6.45, 7) is 2.29. The zero-order valence-corrected chi connectivity index (χ0v) is 11.8. The summed E-state index contributed by atoms with van der Waals surface area (Å²) in [5, 5.41) is 0. The van der Waals surface area contributed by atoms with Gasteiger partial charge < -0.3 is 5.73 Å². The molecule has 4 nitrogen and oxygen atoms in total. The van der Waals surface area contributed by atoms with Crippen molar-refractivity contribution < 1.29 is 9.59 Å². The van der Waals surface area contributed by atoms with Gasteiger partial charge in [-0.2, -0.15) is 0 Å². The van der Waals surface area contributed by atoms with Crippen LogP contribution >= 0.6 is 0 Å². The van der Waals surface area contributed by atoms with Gasteiger partial charge in [0.15, 0.2) is 5.78 Å². The molecule has 1 aromatic carbocycles. The predicted octanol–water partition coefficient (Wildman–Crippen LogP) is 1.39. The Bertz CT molecular complexity index is 451. The van der Waals surface area contributed by atoms with Gasteiger partial charge in [0.1, 0.15) is 0 Å². The molecule has 0 spiro atoms. The van der Waals surface area contributed by atoms with E-state index in [0.717, 1.165) is 31.5 Å². The summed E-state index contributed by atoms with van der Waals surface area (Å²) in [7, 11) is 0. The molecule has 2 N–H and O–H groups in total. The van der Waals surface area contributed by atoms with Crippen molar-refractivity contribution >= 4 is 11.7 Å². The molecule has 1 fully saturated rings.